The molecule has 4 aliphatic rings. The summed E-state index contributed by atoms with van der Waals surface area (Å²) in [7, 11) is -15.5. The molecule has 4 saturated heterocycles. The second-order valence-corrected chi connectivity index (χ2v) is 22.4. The molecule has 0 radical (unpaired) electrons. The molecule has 0 bridgehead atoms. The highest BCUT2D eigenvalue weighted by molar-refractivity contribution is 7.48. The number of rotatable bonds is 20. The molecule has 0 spiro atoms. The summed E-state index contributed by atoms with van der Waals surface area (Å²) in [6, 6.07) is 1.28. The zero-order chi connectivity index (χ0) is 55.5. The van der Waals surface area contributed by atoms with Crippen LogP contribution in [0.5, 0.6) is 0 Å². The second kappa shape index (κ2) is 21.7. The van der Waals surface area contributed by atoms with Crippen LogP contribution in [0.25, 0.3) is 33.5 Å². The van der Waals surface area contributed by atoms with Crippen LogP contribution in [0.15, 0.2) is 55.0 Å². The van der Waals surface area contributed by atoms with Gasteiger partial charge in [-0.3, -0.25) is 45.4 Å². The van der Waals surface area contributed by atoms with Crippen molar-refractivity contribution in [3.05, 3.63) is 60.7 Å². The number of fused-ring (bicyclic) bond motifs is 3. The van der Waals surface area contributed by atoms with Crippen molar-refractivity contribution in [2.45, 2.75) is 99.4 Å². The Morgan fingerprint density at radius 1 is 0.532 bits per heavy atom. The van der Waals surface area contributed by atoms with Gasteiger partial charge in [0.25, 0.3) is 0 Å². The lowest BCUT2D eigenvalue weighted by Gasteiger charge is -2.25. The quantitative estimate of drug-likeness (QED) is 0.0418. The number of aromatic nitrogens is 14. The van der Waals surface area contributed by atoms with Crippen LogP contribution in [0.1, 0.15) is 50.6 Å². The molecule has 0 aliphatic carbocycles. The number of ether oxygens (including phenoxy) is 4. The Morgan fingerprint density at radius 2 is 0.899 bits per heavy atom. The molecule has 79 heavy (non-hydrogen) atoms. The summed E-state index contributed by atoms with van der Waals surface area (Å²) in [5, 5.41) is 21.0. The van der Waals surface area contributed by atoms with Gasteiger partial charge in [0.1, 0.15) is 109 Å². The molecule has 13 N–H and O–H groups in total. The number of aliphatic hydroxyl groups is 2. The SMILES string of the molecule is Nc1ccn([C@H]2C[C@H](OP(=O)(O)OC[C@H]3O[C@@H](n4cnc5c(N)ncnc54)C[C@@H]3O)[C@@H](COP(=O)(O)O[C@H]3C[C@H](n4cnc5c(N)ncnc54)O[C@@H]3COP(=O)(O)O[C@H]3C[C@H](n4cnc5c(N)ncnc54)O[C@@H]3CO)O2)c(=O)n1. The van der Waals surface area contributed by atoms with Crippen LogP contribution in [-0.4, -0.2) is 168 Å². The Hall–Kier alpha value is -6.18. The van der Waals surface area contributed by atoms with E-state index in [9.17, 15) is 43.4 Å². The number of phosphoric acid groups is 3. The molecule has 11 rings (SSSR count). The minimum atomic E-state index is -5.31. The number of nitrogens with two attached hydrogens (primary N) is 4. The van der Waals surface area contributed by atoms with E-state index in [2.05, 4.69) is 49.8 Å². The molecule has 40 heteroatoms. The number of anilines is 4. The highest BCUT2D eigenvalue weighted by Gasteiger charge is 2.48. The van der Waals surface area contributed by atoms with Crippen molar-refractivity contribution in [1.29, 1.82) is 0 Å². The molecule has 0 saturated carbocycles. The summed E-state index contributed by atoms with van der Waals surface area (Å²) in [6.45, 7) is -3.05. The first-order valence-corrected chi connectivity index (χ1v) is 28.2. The van der Waals surface area contributed by atoms with Crippen molar-refractivity contribution in [2.75, 3.05) is 49.4 Å². The molecule has 7 aromatic rings. The monoisotopic (exact) mass is 1170 g/mol. The lowest BCUT2D eigenvalue weighted by atomic mass is 10.2. The summed E-state index contributed by atoms with van der Waals surface area (Å²) in [4.78, 5) is 87.0. The fourth-order valence-corrected chi connectivity index (χ4v) is 12.3. The first-order chi connectivity index (χ1) is 37.7. The highest BCUT2D eigenvalue weighted by atomic mass is 31.2. The summed E-state index contributed by atoms with van der Waals surface area (Å²) in [6.07, 6.45) is -6.68. The molecule has 11 heterocycles. The van der Waals surface area contributed by atoms with E-state index in [4.69, 9.17) is 69.0 Å². The Kier molecular flexibility index (Phi) is 15.0. The minimum Gasteiger partial charge on any atom is -0.394 e. The molecule has 424 valence electrons. The minimum absolute atomic E-state index is 0.00353. The molecule has 15 atom stereocenters. The van der Waals surface area contributed by atoms with Crippen LogP contribution in [-0.2, 0) is 59.8 Å². The molecule has 0 aromatic carbocycles. The van der Waals surface area contributed by atoms with Crippen LogP contribution in [0.3, 0.4) is 0 Å². The lowest BCUT2D eigenvalue weighted by molar-refractivity contribution is -0.0628. The van der Waals surface area contributed by atoms with Crippen molar-refractivity contribution < 1.29 is 84.7 Å². The molecule has 37 nitrogen and oxygen atoms in total. The van der Waals surface area contributed by atoms with E-state index in [0.717, 1.165) is 4.57 Å². The van der Waals surface area contributed by atoms with Gasteiger partial charge in [0.2, 0.25) is 0 Å². The third-order valence-electron chi connectivity index (χ3n) is 13.2. The topological polar surface area (TPSA) is 514 Å². The maximum Gasteiger partial charge on any atom is 0.472 e. The van der Waals surface area contributed by atoms with Crippen molar-refractivity contribution >= 4 is 80.2 Å². The van der Waals surface area contributed by atoms with Crippen molar-refractivity contribution in [2.24, 2.45) is 0 Å². The Morgan fingerprint density at radius 3 is 1.32 bits per heavy atom. The van der Waals surface area contributed by atoms with Crippen molar-refractivity contribution in [1.82, 2.24) is 68.1 Å². The van der Waals surface area contributed by atoms with Crippen LogP contribution >= 0.6 is 23.5 Å². The molecule has 7 aromatic heterocycles. The maximum absolute atomic E-state index is 14.0. The lowest BCUT2D eigenvalue weighted by Crippen LogP contribution is -2.31. The third kappa shape index (κ3) is 11.5. The molecule has 4 aliphatic heterocycles. The zero-order valence-corrected chi connectivity index (χ0v) is 43.3. The van der Waals surface area contributed by atoms with Crippen molar-refractivity contribution in [3.8, 4) is 0 Å². The first-order valence-electron chi connectivity index (χ1n) is 23.7. The third-order valence-corrected chi connectivity index (χ3v) is 16.2. The Balaban J connectivity index is 0.769. The number of aliphatic hydroxyl groups excluding tert-OH is 2. The van der Waals surface area contributed by atoms with E-state index in [-0.39, 0.29) is 71.3 Å². The smallest absolute Gasteiger partial charge is 0.394 e. The highest BCUT2D eigenvalue weighted by Crippen LogP contribution is 2.54. The van der Waals surface area contributed by atoms with Gasteiger partial charge in [-0.05, 0) is 6.07 Å². The predicted molar refractivity (Wildman–Crippen MR) is 261 cm³/mol. The van der Waals surface area contributed by atoms with Gasteiger partial charge >= 0.3 is 29.2 Å². The predicted octanol–water partition coefficient (Wildman–Crippen LogP) is -0.898. The van der Waals surface area contributed by atoms with Gasteiger partial charge < -0.3 is 66.8 Å². The largest absolute Gasteiger partial charge is 0.472 e. The fraction of sp³-hybridized carbons (Fsp3) is 0.513. The van der Waals surface area contributed by atoms with E-state index in [0.29, 0.717) is 11.2 Å². The van der Waals surface area contributed by atoms with Crippen LogP contribution in [0, 0.1) is 0 Å². The summed E-state index contributed by atoms with van der Waals surface area (Å²) in [5.74, 6) is 0.114. The van der Waals surface area contributed by atoms with E-state index < -0.39 is 129 Å². The van der Waals surface area contributed by atoms with Crippen LogP contribution in [0.2, 0.25) is 0 Å². The molecule has 3 unspecified atom stereocenters. The summed E-state index contributed by atoms with van der Waals surface area (Å²) >= 11 is 0. The average Bonchev–Trinajstić information content (AvgIpc) is 4.44. The second-order valence-electron chi connectivity index (χ2n) is 18.2. The standard InChI is InChI=1S/C39H49N18O19P3/c40-25-1-2-54(39(60)53-25)27-5-19(75-77(61,62)67-8-22-17(59)3-26(71-22)55-14-50-30-33(41)44-11-47-36(30)55)23(72-27)9-69-79(65,66)76-20-6-29(57-16-52-32-35(43)46-13-49-38(32)57)73-24(20)10-68-78(63,64)74-18-4-28(70-21(18)7-58)56-15-51-31-34(42)45-12-48-37(31)56/h1-2,11-24,26-29,58-59H,3-10H2,(H,61,62)(H,63,64)(H,65,66)(H2,40,53,60)(H2,41,44,47)(H2,42,45,48)(H2,43,46,49)/t17-,18-,19-,20-,21+,22+,23+,24+,26+,27+,28+,29+/m0/s1. The van der Waals surface area contributed by atoms with E-state index in [1.807, 2.05) is 0 Å². The van der Waals surface area contributed by atoms with E-state index in [1.165, 1.54) is 63.9 Å². The van der Waals surface area contributed by atoms with Crippen LogP contribution < -0.4 is 28.6 Å². The van der Waals surface area contributed by atoms with E-state index >= 15 is 0 Å². The van der Waals surface area contributed by atoms with Gasteiger partial charge in [-0.2, -0.15) is 4.98 Å². The van der Waals surface area contributed by atoms with Gasteiger partial charge in [-0.1, -0.05) is 0 Å². The number of hydrogen-bond donors (Lipinski definition) is 9. The summed E-state index contributed by atoms with van der Waals surface area (Å²) in [5.41, 5.74) is 24.2. The Labute approximate surface area is 441 Å². The molecule has 0 amide bonds. The van der Waals surface area contributed by atoms with Gasteiger partial charge in [-0.25, -0.2) is 63.3 Å². The Bertz CT molecular complexity index is 3590. The van der Waals surface area contributed by atoms with Gasteiger partial charge in [0.15, 0.2) is 34.4 Å². The maximum atomic E-state index is 14.0. The number of imidazole rings is 3. The molecular formula is C39H49N18O19P3. The first kappa shape index (κ1) is 54.8. The van der Waals surface area contributed by atoms with Crippen molar-refractivity contribution in [3.63, 3.8) is 0 Å². The normalized spacial score (nSPS) is 29.6. The number of nitrogen functional groups attached to an aromatic ring is 4. The van der Waals surface area contributed by atoms with Gasteiger partial charge in [0, 0.05) is 31.9 Å². The molecular weight excluding hydrogens is 1120 g/mol. The summed E-state index contributed by atoms with van der Waals surface area (Å²) < 4.78 is 103. The fourth-order valence-electron chi connectivity index (χ4n) is 9.44. The number of phosphoric ester groups is 3. The van der Waals surface area contributed by atoms with Gasteiger partial charge in [-0.15, -0.1) is 0 Å². The number of hydrogen-bond acceptors (Lipinski definition) is 30. The van der Waals surface area contributed by atoms with Crippen LogP contribution in [0.4, 0.5) is 23.3 Å². The molecule has 4 fully saturated rings. The van der Waals surface area contributed by atoms with Gasteiger partial charge in [0.05, 0.1) is 51.5 Å². The van der Waals surface area contributed by atoms with E-state index in [1.54, 1.807) is 0 Å². The number of nitrogens with zero attached hydrogens (tertiary/aromatic N) is 14. The zero-order valence-electron chi connectivity index (χ0n) is 40.6. The average molecular weight is 1170 g/mol.